The molecule has 2 nitrogen and oxygen atoms in total. The summed E-state index contributed by atoms with van der Waals surface area (Å²) in [5, 5.41) is 0. The molecule has 1 saturated carbocycles. The van der Waals surface area contributed by atoms with Crippen molar-refractivity contribution in [2.45, 2.75) is 25.3 Å². The van der Waals surface area contributed by atoms with Gasteiger partial charge in [-0.15, -0.1) is 0 Å². The summed E-state index contributed by atoms with van der Waals surface area (Å²) in [6, 6.07) is 0.471. The maximum atomic E-state index is 5.78. The predicted octanol–water partition coefficient (Wildman–Crippen LogP) is 0.429. The highest BCUT2D eigenvalue weighted by molar-refractivity contribution is 4.83. The minimum absolute atomic E-state index is 0.471. The number of hydrogen-bond acceptors (Lipinski definition) is 2. The summed E-state index contributed by atoms with van der Waals surface area (Å²) in [4.78, 5) is 2.52. The molecule has 0 aromatic rings. The number of nitrogens with zero attached hydrogens (tertiary/aromatic N) is 1. The van der Waals surface area contributed by atoms with Crippen molar-refractivity contribution in [3.05, 3.63) is 0 Å². The standard InChI is InChI=1S/C8H16N2/c9-8-3-4-10(6-8)5-7-1-2-7/h7-8H,1-6,9H2/t8-/m0/s1. The number of hydrogen-bond donors (Lipinski definition) is 1. The quantitative estimate of drug-likeness (QED) is 0.602. The van der Waals surface area contributed by atoms with Crippen molar-refractivity contribution < 1.29 is 0 Å². The summed E-state index contributed by atoms with van der Waals surface area (Å²) in [5.74, 6) is 1.03. The van der Waals surface area contributed by atoms with E-state index in [1.165, 1.54) is 32.4 Å². The number of likely N-dealkylation sites (tertiary alicyclic amines) is 1. The average molecular weight is 140 g/mol. The summed E-state index contributed by atoms with van der Waals surface area (Å²) in [7, 11) is 0. The summed E-state index contributed by atoms with van der Waals surface area (Å²) >= 11 is 0. The molecule has 2 fully saturated rings. The summed E-state index contributed by atoms with van der Waals surface area (Å²) in [5.41, 5.74) is 5.78. The highest BCUT2D eigenvalue weighted by Crippen LogP contribution is 2.30. The van der Waals surface area contributed by atoms with E-state index in [1.807, 2.05) is 0 Å². The van der Waals surface area contributed by atoms with Crippen LogP contribution in [0.25, 0.3) is 0 Å². The Morgan fingerprint density at radius 2 is 2.10 bits per heavy atom. The van der Waals surface area contributed by atoms with Crippen molar-refractivity contribution in [2.75, 3.05) is 19.6 Å². The molecule has 1 atom stereocenters. The second kappa shape index (κ2) is 2.51. The second-order valence-electron chi connectivity index (χ2n) is 3.75. The van der Waals surface area contributed by atoms with Gasteiger partial charge in [0.2, 0.25) is 0 Å². The SMILES string of the molecule is N[C@H]1CCN(CC2CC2)C1. The molecule has 0 spiro atoms. The molecule has 0 aromatic heterocycles. The van der Waals surface area contributed by atoms with Crippen molar-refractivity contribution in [2.24, 2.45) is 11.7 Å². The van der Waals surface area contributed by atoms with Gasteiger partial charge in [0.15, 0.2) is 0 Å². The fourth-order valence-corrected chi connectivity index (χ4v) is 1.69. The van der Waals surface area contributed by atoms with Gasteiger partial charge in [0, 0.05) is 19.1 Å². The molecule has 0 radical (unpaired) electrons. The van der Waals surface area contributed by atoms with Crippen LogP contribution in [0.1, 0.15) is 19.3 Å². The monoisotopic (exact) mass is 140 g/mol. The van der Waals surface area contributed by atoms with Gasteiger partial charge >= 0.3 is 0 Å². The topological polar surface area (TPSA) is 29.3 Å². The van der Waals surface area contributed by atoms with Gasteiger partial charge in [-0.05, 0) is 31.7 Å². The number of rotatable bonds is 2. The van der Waals surface area contributed by atoms with Crippen molar-refractivity contribution in [1.29, 1.82) is 0 Å². The lowest BCUT2D eigenvalue weighted by atomic mass is 10.3. The van der Waals surface area contributed by atoms with Gasteiger partial charge in [-0.25, -0.2) is 0 Å². The summed E-state index contributed by atoms with van der Waals surface area (Å²) in [6.45, 7) is 3.72. The molecule has 1 heterocycles. The molecule has 0 amide bonds. The van der Waals surface area contributed by atoms with Crippen LogP contribution in [-0.2, 0) is 0 Å². The minimum Gasteiger partial charge on any atom is -0.326 e. The van der Waals surface area contributed by atoms with Gasteiger partial charge in [0.1, 0.15) is 0 Å². The van der Waals surface area contributed by atoms with Gasteiger partial charge in [-0.1, -0.05) is 0 Å². The van der Waals surface area contributed by atoms with Gasteiger partial charge in [-0.2, -0.15) is 0 Å². The molecule has 0 unspecified atom stereocenters. The normalized spacial score (nSPS) is 35.1. The zero-order valence-corrected chi connectivity index (χ0v) is 6.42. The lowest BCUT2D eigenvalue weighted by Crippen LogP contribution is -2.27. The molecule has 0 aromatic carbocycles. The zero-order valence-electron chi connectivity index (χ0n) is 6.42. The van der Waals surface area contributed by atoms with Crippen LogP contribution in [0.4, 0.5) is 0 Å². The van der Waals surface area contributed by atoms with Crippen LogP contribution in [0, 0.1) is 5.92 Å². The predicted molar refractivity (Wildman–Crippen MR) is 41.8 cm³/mol. The fourth-order valence-electron chi connectivity index (χ4n) is 1.69. The molecular formula is C8H16N2. The molecule has 2 rings (SSSR count). The highest BCUT2D eigenvalue weighted by Gasteiger charge is 2.27. The molecule has 1 aliphatic heterocycles. The smallest absolute Gasteiger partial charge is 0.0180 e. The van der Waals surface area contributed by atoms with Crippen LogP contribution in [0.2, 0.25) is 0 Å². The van der Waals surface area contributed by atoms with E-state index >= 15 is 0 Å². The maximum Gasteiger partial charge on any atom is 0.0180 e. The molecule has 2 N–H and O–H groups in total. The van der Waals surface area contributed by atoms with Gasteiger partial charge in [0.25, 0.3) is 0 Å². The van der Waals surface area contributed by atoms with Crippen LogP contribution < -0.4 is 5.73 Å². The average Bonchev–Trinajstić information content (AvgIpc) is 2.59. The van der Waals surface area contributed by atoms with Crippen LogP contribution in [0.15, 0.2) is 0 Å². The molecular weight excluding hydrogens is 124 g/mol. The van der Waals surface area contributed by atoms with Crippen LogP contribution >= 0.6 is 0 Å². The van der Waals surface area contributed by atoms with Crippen molar-refractivity contribution in [1.82, 2.24) is 4.90 Å². The third-order valence-electron chi connectivity index (χ3n) is 2.52. The van der Waals surface area contributed by atoms with E-state index in [4.69, 9.17) is 5.73 Å². The van der Waals surface area contributed by atoms with Crippen molar-refractivity contribution in [3.8, 4) is 0 Å². The molecule has 2 heteroatoms. The summed E-state index contributed by atoms with van der Waals surface area (Å²) in [6.07, 6.45) is 4.14. The fraction of sp³-hybridized carbons (Fsp3) is 1.00. The Morgan fingerprint density at radius 3 is 2.60 bits per heavy atom. The van der Waals surface area contributed by atoms with Gasteiger partial charge < -0.3 is 10.6 Å². The number of nitrogens with two attached hydrogens (primary N) is 1. The molecule has 1 aliphatic carbocycles. The van der Waals surface area contributed by atoms with Crippen LogP contribution in [-0.4, -0.2) is 30.6 Å². The lowest BCUT2D eigenvalue weighted by Gasteiger charge is -2.13. The molecule has 0 bridgehead atoms. The molecule has 10 heavy (non-hydrogen) atoms. The Hall–Kier alpha value is -0.0800. The largest absolute Gasteiger partial charge is 0.326 e. The van der Waals surface area contributed by atoms with E-state index in [9.17, 15) is 0 Å². The third-order valence-corrected chi connectivity index (χ3v) is 2.52. The Morgan fingerprint density at radius 1 is 1.30 bits per heavy atom. The minimum atomic E-state index is 0.471. The van der Waals surface area contributed by atoms with E-state index in [-0.39, 0.29) is 0 Å². The highest BCUT2D eigenvalue weighted by atomic mass is 15.2. The van der Waals surface area contributed by atoms with Gasteiger partial charge in [-0.3, -0.25) is 0 Å². The Bertz CT molecular complexity index is 120. The Kier molecular flexibility index (Phi) is 1.66. The third kappa shape index (κ3) is 1.50. The Balaban J connectivity index is 1.72. The first-order valence-corrected chi connectivity index (χ1v) is 4.32. The van der Waals surface area contributed by atoms with E-state index < -0.39 is 0 Å². The lowest BCUT2D eigenvalue weighted by molar-refractivity contribution is 0.320. The summed E-state index contributed by atoms with van der Waals surface area (Å²) < 4.78 is 0. The first kappa shape index (κ1) is 6.62. The zero-order chi connectivity index (χ0) is 6.97. The molecule has 2 aliphatic rings. The first-order chi connectivity index (χ1) is 4.84. The van der Waals surface area contributed by atoms with Gasteiger partial charge in [0.05, 0.1) is 0 Å². The molecule has 1 saturated heterocycles. The first-order valence-electron chi connectivity index (χ1n) is 4.32. The van der Waals surface area contributed by atoms with Crippen molar-refractivity contribution >= 4 is 0 Å². The van der Waals surface area contributed by atoms with Crippen LogP contribution in [0.5, 0.6) is 0 Å². The Labute approximate surface area is 62.4 Å². The van der Waals surface area contributed by atoms with E-state index in [2.05, 4.69) is 4.90 Å². The maximum absolute atomic E-state index is 5.78. The molecule has 58 valence electrons. The van der Waals surface area contributed by atoms with Crippen molar-refractivity contribution in [3.63, 3.8) is 0 Å². The van der Waals surface area contributed by atoms with Crippen LogP contribution in [0.3, 0.4) is 0 Å². The van der Waals surface area contributed by atoms with E-state index in [0.717, 1.165) is 12.5 Å². The van der Waals surface area contributed by atoms with E-state index in [0.29, 0.717) is 6.04 Å². The second-order valence-corrected chi connectivity index (χ2v) is 3.75. The van der Waals surface area contributed by atoms with E-state index in [1.54, 1.807) is 0 Å².